The van der Waals surface area contributed by atoms with E-state index in [2.05, 4.69) is 15.3 Å². The maximum atomic E-state index is 13.6. The number of likely N-dealkylation sites (tertiary alicyclic amines) is 1. The summed E-state index contributed by atoms with van der Waals surface area (Å²) in [6.07, 6.45) is 3.04. The highest BCUT2D eigenvalue weighted by molar-refractivity contribution is 8.24. The number of hydrogen-bond donors (Lipinski definition) is 3. The molecule has 4 heterocycles. The Bertz CT molecular complexity index is 1260. The van der Waals surface area contributed by atoms with Gasteiger partial charge in [-0.2, -0.15) is 10.6 Å². The number of halogens is 1. The van der Waals surface area contributed by atoms with Gasteiger partial charge in [-0.05, 0) is 24.3 Å². The third-order valence-corrected chi connectivity index (χ3v) is 7.79. The predicted molar refractivity (Wildman–Crippen MR) is 127 cm³/mol. The van der Waals surface area contributed by atoms with Gasteiger partial charge in [0.25, 0.3) is 5.91 Å². The lowest BCUT2D eigenvalue weighted by Crippen LogP contribution is -2.64. The normalized spacial score (nSPS) is 18.9. The zero-order valence-electron chi connectivity index (χ0n) is 18.2. The van der Waals surface area contributed by atoms with Crippen LogP contribution < -0.4 is 5.32 Å². The van der Waals surface area contributed by atoms with Gasteiger partial charge in [-0.3, -0.25) is 18.9 Å². The number of fused-ring (bicyclic) bond motifs is 1. The number of urea groups is 1. The minimum Gasteiger partial charge on any atom is -0.346 e. The van der Waals surface area contributed by atoms with Crippen molar-refractivity contribution in [2.24, 2.45) is 0 Å². The largest absolute Gasteiger partial charge is 0.346 e. The molecule has 0 aliphatic carbocycles. The van der Waals surface area contributed by atoms with Gasteiger partial charge in [0.2, 0.25) is 0 Å². The van der Waals surface area contributed by atoms with Crippen molar-refractivity contribution < 1.29 is 23.1 Å². The molecule has 0 bridgehead atoms. The SMILES string of the molecule is O=C(NC1CN(C(=O)N2CCS(O)(O)CC2)C1)c1cncc2nc(-c3cccc(F)c3)ccc12. The number of pyridine rings is 2. The van der Waals surface area contributed by atoms with Gasteiger partial charge in [0.15, 0.2) is 0 Å². The molecule has 2 aromatic heterocycles. The topological polar surface area (TPSA) is 119 Å². The van der Waals surface area contributed by atoms with E-state index in [1.54, 1.807) is 40.3 Å². The van der Waals surface area contributed by atoms with Gasteiger partial charge in [0.05, 0.1) is 40.5 Å². The molecule has 0 spiro atoms. The van der Waals surface area contributed by atoms with Gasteiger partial charge in [0.1, 0.15) is 5.82 Å². The first-order valence-corrected chi connectivity index (χ1v) is 12.8. The Hall–Kier alpha value is -3.28. The molecule has 0 saturated carbocycles. The molecule has 0 radical (unpaired) electrons. The number of benzene rings is 1. The molecular formula is C23H24FN5O4S. The predicted octanol–water partition coefficient (Wildman–Crippen LogP) is 3.04. The molecule has 3 aromatic rings. The Morgan fingerprint density at radius 3 is 2.56 bits per heavy atom. The average molecular weight is 486 g/mol. The third-order valence-electron chi connectivity index (χ3n) is 6.11. The molecule has 2 aliphatic heterocycles. The van der Waals surface area contributed by atoms with Gasteiger partial charge in [-0.1, -0.05) is 12.1 Å². The van der Waals surface area contributed by atoms with Crippen molar-refractivity contribution in [1.29, 1.82) is 0 Å². The fraction of sp³-hybridized carbons (Fsp3) is 0.304. The molecule has 3 N–H and O–H groups in total. The number of nitrogens with zero attached hydrogens (tertiary/aromatic N) is 4. The second kappa shape index (κ2) is 8.82. The third kappa shape index (κ3) is 4.54. The maximum absolute atomic E-state index is 13.6. The Labute approximate surface area is 197 Å². The summed E-state index contributed by atoms with van der Waals surface area (Å²) in [5.74, 6) is -0.247. The van der Waals surface area contributed by atoms with Crippen molar-refractivity contribution in [2.45, 2.75) is 6.04 Å². The van der Waals surface area contributed by atoms with Crippen LogP contribution in [0.15, 0.2) is 48.8 Å². The lowest BCUT2D eigenvalue weighted by Gasteiger charge is -2.46. The fourth-order valence-corrected chi connectivity index (χ4v) is 5.38. The molecule has 0 unspecified atom stereocenters. The van der Waals surface area contributed by atoms with Gasteiger partial charge < -0.3 is 15.1 Å². The Morgan fingerprint density at radius 2 is 1.82 bits per heavy atom. The number of aromatic nitrogens is 2. The molecule has 2 aliphatic rings. The molecule has 2 fully saturated rings. The second-order valence-electron chi connectivity index (χ2n) is 8.52. The second-order valence-corrected chi connectivity index (χ2v) is 10.9. The summed E-state index contributed by atoms with van der Waals surface area (Å²) in [5, 5.41) is 3.57. The first-order valence-electron chi connectivity index (χ1n) is 10.9. The summed E-state index contributed by atoms with van der Waals surface area (Å²) in [6.45, 7) is 1.41. The van der Waals surface area contributed by atoms with Crippen LogP contribution in [-0.4, -0.2) is 84.5 Å². The lowest BCUT2D eigenvalue weighted by atomic mass is 10.1. The molecule has 178 valence electrons. The van der Waals surface area contributed by atoms with E-state index in [-0.39, 0.29) is 35.3 Å². The van der Waals surface area contributed by atoms with Gasteiger partial charge in [-0.15, -0.1) is 0 Å². The lowest BCUT2D eigenvalue weighted by molar-refractivity contribution is 0.0805. The summed E-state index contributed by atoms with van der Waals surface area (Å²) >= 11 is 0. The number of carbonyl (C=O) groups is 2. The zero-order valence-corrected chi connectivity index (χ0v) is 19.0. The minimum absolute atomic E-state index is 0.152. The molecule has 3 amide bonds. The van der Waals surface area contributed by atoms with Gasteiger partial charge in [0, 0.05) is 43.3 Å². The molecule has 9 nitrogen and oxygen atoms in total. The van der Waals surface area contributed by atoms with E-state index in [9.17, 15) is 23.1 Å². The van der Waals surface area contributed by atoms with E-state index < -0.39 is 10.6 Å². The number of amides is 3. The van der Waals surface area contributed by atoms with Crippen molar-refractivity contribution in [1.82, 2.24) is 25.1 Å². The van der Waals surface area contributed by atoms with Crippen molar-refractivity contribution in [3.63, 3.8) is 0 Å². The Balaban J connectivity index is 1.23. The van der Waals surface area contributed by atoms with E-state index >= 15 is 0 Å². The van der Waals surface area contributed by atoms with Crippen LogP contribution in [0.4, 0.5) is 9.18 Å². The average Bonchev–Trinajstić information content (AvgIpc) is 2.80. The molecule has 11 heteroatoms. The van der Waals surface area contributed by atoms with Crippen LogP contribution in [0.25, 0.3) is 22.2 Å². The number of hydrogen-bond acceptors (Lipinski definition) is 6. The van der Waals surface area contributed by atoms with Crippen LogP contribution in [0.1, 0.15) is 10.4 Å². The Kier molecular flexibility index (Phi) is 5.84. The van der Waals surface area contributed by atoms with Gasteiger partial charge in [-0.25, -0.2) is 14.2 Å². The van der Waals surface area contributed by atoms with Crippen LogP contribution in [0.2, 0.25) is 0 Å². The highest BCUT2D eigenvalue weighted by Gasteiger charge is 2.36. The monoisotopic (exact) mass is 485 g/mol. The molecule has 5 rings (SSSR count). The number of nitrogens with one attached hydrogen (secondary N) is 1. The van der Waals surface area contributed by atoms with Crippen LogP contribution >= 0.6 is 10.6 Å². The number of carbonyl (C=O) groups excluding carboxylic acids is 2. The summed E-state index contributed by atoms with van der Waals surface area (Å²) in [5.41, 5.74) is 2.12. The van der Waals surface area contributed by atoms with E-state index in [1.807, 2.05) is 0 Å². The maximum Gasteiger partial charge on any atom is 0.320 e. The molecule has 2 saturated heterocycles. The van der Waals surface area contributed by atoms with E-state index in [1.165, 1.54) is 18.3 Å². The molecule has 0 atom stereocenters. The van der Waals surface area contributed by atoms with E-state index in [0.29, 0.717) is 53.9 Å². The van der Waals surface area contributed by atoms with Gasteiger partial charge >= 0.3 is 6.03 Å². The zero-order chi connectivity index (χ0) is 23.9. The quantitative estimate of drug-likeness (QED) is 0.525. The summed E-state index contributed by atoms with van der Waals surface area (Å²) in [4.78, 5) is 37.4. The molecule has 1 aromatic carbocycles. The van der Waals surface area contributed by atoms with Crippen molar-refractivity contribution in [3.8, 4) is 11.3 Å². The first kappa shape index (κ1) is 22.5. The highest BCUT2D eigenvalue weighted by Crippen LogP contribution is 2.40. The highest BCUT2D eigenvalue weighted by atomic mass is 32.3. The molecular weight excluding hydrogens is 461 g/mol. The summed E-state index contributed by atoms with van der Waals surface area (Å²) in [6, 6.07) is 9.33. The van der Waals surface area contributed by atoms with Crippen LogP contribution in [0, 0.1) is 5.82 Å². The smallest absolute Gasteiger partial charge is 0.320 e. The van der Waals surface area contributed by atoms with Crippen LogP contribution in [-0.2, 0) is 0 Å². The van der Waals surface area contributed by atoms with Crippen LogP contribution in [0.3, 0.4) is 0 Å². The van der Waals surface area contributed by atoms with Crippen LogP contribution in [0.5, 0.6) is 0 Å². The standard InChI is InChI=1S/C23H24FN5O4S/c24-16-3-1-2-15(10-16)20-5-4-18-19(11-25-12-21(18)27-20)22(30)26-17-13-29(14-17)23(31)28-6-8-34(32,33)9-7-28/h1-5,10-12,17,32-33H,6-9,13-14H2,(H,26,30). The fourth-order valence-electron chi connectivity index (χ4n) is 4.15. The first-order chi connectivity index (χ1) is 16.3. The molecule has 34 heavy (non-hydrogen) atoms. The Morgan fingerprint density at radius 1 is 1.06 bits per heavy atom. The van der Waals surface area contributed by atoms with Crippen molar-refractivity contribution >= 4 is 33.4 Å². The van der Waals surface area contributed by atoms with Crippen molar-refractivity contribution in [3.05, 3.63) is 60.2 Å². The summed E-state index contributed by atoms with van der Waals surface area (Å²) < 4.78 is 33.0. The van der Waals surface area contributed by atoms with Crippen molar-refractivity contribution in [2.75, 3.05) is 37.7 Å². The summed E-state index contributed by atoms with van der Waals surface area (Å²) in [7, 11) is -2.56. The van der Waals surface area contributed by atoms with E-state index in [0.717, 1.165) is 0 Å². The minimum atomic E-state index is -2.56. The van der Waals surface area contributed by atoms with E-state index in [4.69, 9.17) is 0 Å². The number of rotatable bonds is 3.